The Morgan fingerprint density at radius 3 is 2.25 bits per heavy atom. The highest BCUT2D eigenvalue weighted by Crippen LogP contribution is 2.26. The lowest BCUT2D eigenvalue weighted by Gasteiger charge is -2.30. The molecule has 92 valence electrons. The van der Waals surface area contributed by atoms with Gasteiger partial charge in [-0.1, -0.05) is 19.1 Å². The fraction of sp³-hybridized carbons (Fsp3) is 0.800. The summed E-state index contributed by atoms with van der Waals surface area (Å²) in [5.74, 6) is -0.224. The Morgan fingerprint density at radius 2 is 1.94 bits per heavy atom. The van der Waals surface area contributed by atoms with Gasteiger partial charge in [-0.25, -0.2) is 0 Å². The van der Waals surface area contributed by atoms with Gasteiger partial charge in [0.05, 0.1) is 22.6 Å². The van der Waals surface area contributed by atoms with Gasteiger partial charge in [-0.3, -0.25) is 4.79 Å². The molecule has 1 rings (SSSR count). The van der Waals surface area contributed by atoms with E-state index in [0.717, 1.165) is 0 Å². The number of aliphatic hydroxyl groups excluding tert-OH is 2. The average molecular weight is 246 g/mol. The number of carbonyl (C=O) groups excluding carboxylic acids is 1. The zero-order chi connectivity index (χ0) is 12.5. The van der Waals surface area contributed by atoms with Crippen LogP contribution in [0.4, 0.5) is 0 Å². The topological polar surface area (TPSA) is 86.8 Å². The van der Waals surface area contributed by atoms with Gasteiger partial charge in [0.15, 0.2) is 0 Å². The van der Waals surface area contributed by atoms with E-state index in [1.807, 2.05) is 6.92 Å². The number of likely N-dealkylation sites (tertiary alicyclic amines) is 1. The summed E-state index contributed by atoms with van der Waals surface area (Å²) >= 11 is 4.91. The lowest BCUT2D eigenvalue weighted by molar-refractivity contribution is -0.137. The molecule has 0 bridgehead atoms. The lowest BCUT2D eigenvalue weighted by Crippen LogP contribution is -2.48. The molecule has 16 heavy (non-hydrogen) atoms. The Labute approximate surface area is 100 Å². The van der Waals surface area contributed by atoms with Gasteiger partial charge in [-0.05, 0) is 13.3 Å². The Bertz CT molecular complexity index is 300. The van der Waals surface area contributed by atoms with E-state index < -0.39 is 17.6 Å². The van der Waals surface area contributed by atoms with Crippen molar-refractivity contribution in [2.75, 3.05) is 13.1 Å². The molecule has 5 nitrogen and oxygen atoms in total. The molecule has 1 aliphatic heterocycles. The third-order valence-corrected chi connectivity index (χ3v) is 3.72. The number of nitrogens with two attached hydrogens (primary N) is 1. The van der Waals surface area contributed by atoms with E-state index in [9.17, 15) is 15.0 Å². The van der Waals surface area contributed by atoms with Crippen molar-refractivity contribution >= 4 is 23.1 Å². The summed E-state index contributed by atoms with van der Waals surface area (Å²) in [7, 11) is 0. The Morgan fingerprint density at radius 1 is 1.50 bits per heavy atom. The lowest BCUT2D eigenvalue weighted by atomic mass is 9.86. The van der Waals surface area contributed by atoms with Gasteiger partial charge in [0.2, 0.25) is 5.91 Å². The van der Waals surface area contributed by atoms with Crippen LogP contribution in [0.1, 0.15) is 20.3 Å². The molecule has 3 unspecified atom stereocenters. The van der Waals surface area contributed by atoms with Crippen molar-refractivity contribution in [3.05, 3.63) is 0 Å². The van der Waals surface area contributed by atoms with E-state index >= 15 is 0 Å². The van der Waals surface area contributed by atoms with Crippen LogP contribution in [0, 0.1) is 5.41 Å². The van der Waals surface area contributed by atoms with Crippen molar-refractivity contribution < 1.29 is 15.0 Å². The van der Waals surface area contributed by atoms with Gasteiger partial charge in [-0.2, -0.15) is 0 Å². The zero-order valence-corrected chi connectivity index (χ0v) is 10.3. The maximum absolute atomic E-state index is 12.2. The first-order valence-corrected chi connectivity index (χ1v) is 5.69. The monoisotopic (exact) mass is 246 g/mol. The summed E-state index contributed by atoms with van der Waals surface area (Å²) in [6.07, 6.45) is -1.25. The summed E-state index contributed by atoms with van der Waals surface area (Å²) in [6.45, 7) is 3.80. The van der Waals surface area contributed by atoms with E-state index in [1.165, 1.54) is 4.90 Å². The minimum atomic E-state index is -0.890. The predicted molar refractivity (Wildman–Crippen MR) is 63.8 cm³/mol. The molecule has 0 radical (unpaired) electrons. The van der Waals surface area contributed by atoms with E-state index in [1.54, 1.807) is 6.92 Å². The second-order valence-corrected chi connectivity index (χ2v) is 4.83. The van der Waals surface area contributed by atoms with Crippen LogP contribution in [0.3, 0.4) is 0 Å². The van der Waals surface area contributed by atoms with Gasteiger partial charge in [0.25, 0.3) is 0 Å². The van der Waals surface area contributed by atoms with Crippen molar-refractivity contribution in [2.24, 2.45) is 11.1 Å². The van der Waals surface area contributed by atoms with Gasteiger partial charge in [0.1, 0.15) is 0 Å². The normalized spacial score (nSPS) is 28.9. The number of hydrogen-bond donors (Lipinski definition) is 3. The fourth-order valence-corrected chi connectivity index (χ4v) is 1.95. The van der Waals surface area contributed by atoms with Crippen LogP contribution in [0.15, 0.2) is 0 Å². The van der Waals surface area contributed by atoms with Crippen LogP contribution in [0.2, 0.25) is 0 Å². The maximum atomic E-state index is 12.2. The number of amides is 1. The van der Waals surface area contributed by atoms with Crippen LogP contribution < -0.4 is 5.73 Å². The molecular weight excluding hydrogens is 228 g/mol. The zero-order valence-electron chi connectivity index (χ0n) is 9.51. The second kappa shape index (κ2) is 4.65. The van der Waals surface area contributed by atoms with E-state index in [0.29, 0.717) is 6.42 Å². The fourth-order valence-electron chi connectivity index (χ4n) is 1.72. The van der Waals surface area contributed by atoms with E-state index in [-0.39, 0.29) is 24.0 Å². The maximum Gasteiger partial charge on any atom is 0.235 e. The van der Waals surface area contributed by atoms with Crippen molar-refractivity contribution in [3.8, 4) is 0 Å². The van der Waals surface area contributed by atoms with Gasteiger partial charge in [0, 0.05) is 13.1 Å². The smallest absolute Gasteiger partial charge is 0.235 e. The first-order chi connectivity index (χ1) is 7.32. The highest BCUT2D eigenvalue weighted by Gasteiger charge is 2.42. The van der Waals surface area contributed by atoms with Gasteiger partial charge in [-0.15, -0.1) is 0 Å². The van der Waals surface area contributed by atoms with Gasteiger partial charge >= 0.3 is 0 Å². The van der Waals surface area contributed by atoms with Crippen molar-refractivity contribution in [2.45, 2.75) is 32.5 Å². The molecule has 1 amide bonds. The summed E-state index contributed by atoms with van der Waals surface area (Å²) in [5, 5.41) is 18.8. The van der Waals surface area contributed by atoms with Crippen LogP contribution in [0.25, 0.3) is 0 Å². The number of hydrogen-bond acceptors (Lipinski definition) is 4. The average Bonchev–Trinajstić information content (AvgIpc) is 2.56. The highest BCUT2D eigenvalue weighted by molar-refractivity contribution is 7.80. The van der Waals surface area contributed by atoms with Crippen molar-refractivity contribution in [1.29, 1.82) is 0 Å². The molecular formula is C10H18N2O3S. The van der Waals surface area contributed by atoms with E-state index in [4.69, 9.17) is 18.0 Å². The summed E-state index contributed by atoms with van der Waals surface area (Å²) in [5.41, 5.74) is 4.69. The molecule has 3 atom stereocenters. The molecule has 6 heteroatoms. The molecule has 1 fully saturated rings. The first-order valence-electron chi connectivity index (χ1n) is 5.28. The Balaban J connectivity index is 2.82. The molecule has 0 aromatic carbocycles. The third kappa shape index (κ3) is 2.18. The molecule has 0 aromatic heterocycles. The number of thiocarbonyl (C=S) groups is 1. The number of β-amino-alcohol motifs (C(OH)–C–C–N with tert-alkyl or cyclic N) is 2. The molecule has 0 spiro atoms. The quantitative estimate of drug-likeness (QED) is 0.571. The Hall–Kier alpha value is -0.720. The molecule has 4 N–H and O–H groups in total. The van der Waals surface area contributed by atoms with Crippen LogP contribution in [0.5, 0.6) is 0 Å². The SMILES string of the molecule is CCC(C)(C(=O)N1CC(O)C(O)C1)C(N)=S. The molecule has 1 aliphatic rings. The van der Waals surface area contributed by atoms with Crippen molar-refractivity contribution in [1.82, 2.24) is 4.90 Å². The summed E-state index contributed by atoms with van der Waals surface area (Å²) in [4.78, 5) is 13.7. The second-order valence-electron chi connectivity index (χ2n) is 4.39. The van der Waals surface area contributed by atoms with Crippen LogP contribution >= 0.6 is 12.2 Å². The first kappa shape index (κ1) is 13.3. The summed E-state index contributed by atoms with van der Waals surface area (Å²) < 4.78 is 0. The predicted octanol–water partition coefficient (Wildman–Crippen LogP) is -0.747. The molecule has 1 saturated heterocycles. The summed E-state index contributed by atoms with van der Waals surface area (Å²) in [6, 6.07) is 0. The molecule has 0 saturated carbocycles. The minimum Gasteiger partial charge on any atom is -0.392 e. The van der Waals surface area contributed by atoms with Gasteiger partial charge < -0.3 is 20.8 Å². The molecule has 0 aromatic rings. The standard InChI is InChI=1S/C10H18N2O3S/c1-3-10(2,8(11)16)9(15)12-4-6(13)7(14)5-12/h6-7,13-14H,3-5H2,1-2H3,(H2,11,16). The van der Waals surface area contributed by atoms with Crippen molar-refractivity contribution in [3.63, 3.8) is 0 Å². The van der Waals surface area contributed by atoms with Crippen LogP contribution in [-0.2, 0) is 4.79 Å². The highest BCUT2D eigenvalue weighted by atomic mass is 32.1. The largest absolute Gasteiger partial charge is 0.392 e. The van der Waals surface area contributed by atoms with E-state index in [2.05, 4.69) is 0 Å². The van der Waals surface area contributed by atoms with Crippen LogP contribution in [-0.4, -0.2) is 51.3 Å². The number of aliphatic hydroxyl groups is 2. The Kier molecular flexibility index (Phi) is 3.88. The number of nitrogens with zero attached hydrogens (tertiary/aromatic N) is 1. The minimum absolute atomic E-state index is 0.137. The molecule has 0 aliphatic carbocycles. The molecule has 1 heterocycles. The number of carbonyl (C=O) groups is 1. The third-order valence-electron chi connectivity index (χ3n) is 3.27. The number of rotatable bonds is 3.